The molecule has 0 saturated carbocycles. The minimum absolute atomic E-state index is 0.143. The van der Waals surface area contributed by atoms with Crippen LogP contribution in [-0.2, 0) is 6.54 Å². The quantitative estimate of drug-likeness (QED) is 0.780. The Morgan fingerprint density at radius 3 is 2.93 bits per heavy atom. The zero-order valence-electron chi connectivity index (χ0n) is 7.91. The second-order valence-corrected chi connectivity index (χ2v) is 3.03. The summed E-state index contributed by atoms with van der Waals surface area (Å²) in [5, 5.41) is 19.8. The molecule has 0 saturated heterocycles. The molecule has 0 atom stereocenters. The number of carbonyl (C=O) groups is 1. The smallest absolute Gasteiger partial charge is 0.338 e. The van der Waals surface area contributed by atoms with Crippen LogP contribution in [0.2, 0.25) is 0 Å². The van der Waals surface area contributed by atoms with Gasteiger partial charge in [-0.3, -0.25) is 4.68 Å². The van der Waals surface area contributed by atoms with E-state index in [-0.39, 0.29) is 5.56 Å². The van der Waals surface area contributed by atoms with Crippen LogP contribution < -0.4 is 0 Å². The molecule has 0 aliphatic carbocycles. The van der Waals surface area contributed by atoms with Crippen LogP contribution in [0, 0.1) is 6.92 Å². The molecule has 2 aromatic rings. The Morgan fingerprint density at radius 1 is 1.60 bits per heavy atom. The molecule has 0 radical (unpaired) electrons. The summed E-state index contributed by atoms with van der Waals surface area (Å²) < 4.78 is 5.98. The Labute approximate surface area is 84.3 Å². The molecule has 2 aromatic heterocycles. The first-order chi connectivity index (χ1) is 7.16. The molecule has 2 rings (SSSR count). The predicted molar refractivity (Wildman–Crippen MR) is 47.3 cm³/mol. The molecule has 15 heavy (non-hydrogen) atoms. The van der Waals surface area contributed by atoms with Crippen LogP contribution in [0.25, 0.3) is 0 Å². The van der Waals surface area contributed by atoms with Crippen molar-refractivity contribution in [3.8, 4) is 0 Å². The summed E-state index contributed by atoms with van der Waals surface area (Å²) in [5.41, 5.74) is 1.45. The van der Waals surface area contributed by atoms with Gasteiger partial charge in [-0.2, -0.15) is 5.10 Å². The summed E-state index contributed by atoms with van der Waals surface area (Å²) in [6.07, 6.45) is 2.71. The van der Waals surface area contributed by atoms with Crippen LogP contribution in [0.5, 0.6) is 0 Å². The van der Waals surface area contributed by atoms with Crippen LogP contribution in [-0.4, -0.2) is 31.2 Å². The van der Waals surface area contributed by atoms with Gasteiger partial charge < -0.3 is 5.11 Å². The molecule has 7 heteroatoms. The highest BCUT2D eigenvalue weighted by Gasteiger charge is 2.09. The monoisotopic (exact) mass is 208 g/mol. The number of nitrogens with zero attached hydrogens (tertiary/aromatic N) is 4. The summed E-state index contributed by atoms with van der Waals surface area (Å²) in [4.78, 5) is 10.6. The third kappa shape index (κ3) is 1.85. The van der Waals surface area contributed by atoms with Crippen molar-refractivity contribution in [1.29, 1.82) is 0 Å². The molecule has 7 nitrogen and oxygen atoms in total. The van der Waals surface area contributed by atoms with Gasteiger partial charge in [-0.05, 0) is 6.92 Å². The molecule has 1 N–H and O–H groups in total. The van der Waals surface area contributed by atoms with E-state index in [9.17, 15) is 4.79 Å². The summed E-state index contributed by atoms with van der Waals surface area (Å²) >= 11 is 0. The Hall–Kier alpha value is -2.18. The lowest BCUT2D eigenvalue weighted by Crippen LogP contribution is -2.02. The normalized spacial score (nSPS) is 10.5. The van der Waals surface area contributed by atoms with Crippen LogP contribution in [0.15, 0.2) is 17.0 Å². The van der Waals surface area contributed by atoms with E-state index in [4.69, 9.17) is 5.11 Å². The van der Waals surface area contributed by atoms with Gasteiger partial charge >= 0.3 is 5.97 Å². The average Bonchev–Trinajstić information content (AvgIpc) is 2.77. The Bertz CT molecular complexity index is 488. The second kappa shape index (κ2) is 3.52. The number of carboxylic acid groups (broad SMARTS) is 1. The molecule has 0 aliphatic heterocycles. The van der Waals surface area contributed by atoms with Crippen molar-refractivity contribution in [2.45, 2.75) is 13.5 Å². The largest absolute Gasteiger partial charge is 0.478 e. The molecule has 2 heterocycles. The highest BCUT2D eigenvalue weighted by molar-refractivity contribution is 5.86. The standard InChI is InChI=1S/C8H8N4O3/c1-5-7(11-15-10-5)4-12-3-6(2-9-12)8(13)14/h2-3H,4H2,1H3,(H,13,14). The molecule has 0 spiro atoms. The lowest BCUT2D eigenvalue weighted by Gasteiger charge is -1.95. The van der Waals surface area contributed by atoms with E-state index in [1.165, 1.54) is 17.1 Å². The van der Waals surface area contributed by atoms with Gasteiger partial charge in [0, 0.05) is 6.20 Å². The Morgan fingerprint density at radius 2 is 2.40 bits per heavy atom. The number of aromatic carboxylic acids is 1. The fourth-order valence-corrected chi connectivity index (χ4v) is 1.11. The van der Waals surface area contributed by atoms with Crippen molar-refractivity contribution in [1.82, 2.24) is 20.1 Å². The van der Waals surface area contributed by atoms with Crippen molar-refractivity contribution in [2.75, 3.05) is 0 Å². The van der Waals surface area contributed by atoms with E-state index in [0.29, 0.717) is 17.9 Å². The summed E-state index contributed by atoms with van der Waals surface area (Å²) in [6, 6.07) is 0. The maximum Gasteiger partial charge on any atom is 0.338 e. The first-order valence-electron chi connectivity index (χ1n) is 4.20. The molecule has 78 valence electrons. The fraction of sp³-hybridized carbons (Fsp3) is 0.250. The number of rotatable bonds is 3. The number of aryl methyl sites for hydroxylation is 1. The SMILES string of the molecule is Cc1nonc1Cn1cc(C(=O)O)cn1. The minimum atomic E-state index is -1.00. The number of hydrogen-bond acceptors (Lipinski definition) is 5. The van der Waals surface area contributed by atoms with Crippen molar-refractivity contribution in [3.63, 3.8) is 0 Å². The Kier molecular flexibility index (Phi) is 2.20. The highest BCUT2D eigenvalue weighted by Crippen LogP contribution is 2.04. The summed E-state index contributed by atoms with van der Waals surface area (Å²) in [7, 11) is 0. The molecule has 0 unspecified atom stereocenters. The van der Waals surface area contributed by atoms with Gasteiger partial charge in [0.1, 0.15) is 11.4 Å². The zero-order chi connectivity index (χ0) is 10.8. The fourth-order valence-electron chi connectivity index (χ4n) is 1.11. The Balaban J connectivity index is 2.18. The number of hydrogen-bond donors (Lipinski definition) is 1. The lowest BCUT2D eigenvalue weighted by atomic mass is 10.3. The lowest BCUT2D eigenvalue weighted by molar-refractivity contribution is 0.0697. The van der Waals surface area contributed by atoms with E-state index in [2.05, 4.69) is 20.0 Å². The van der Waals surface area contributed by atoms with Crippen LogP contribution >= 0.6 is 0 Å². The number of aromatic nitrogens is 4. The van der Waals surface area contributed by atoms with Crippen molar-refractivity contribution < 1.29 is 14.5 Å². The van der Waals surface area contributed by atoms with Crippen LogP contribution in [0.3, 0.4) is 0 Å². The van der Waals surface area contributed by atoms with Gasteiger partial charge in [-0.25, -0.2) is 9.42 Å². The maximum absolute atomic E-state index is 10.6. The molecular weight excluding hydrogens is 200 g/mol. The first kappa shape index (κ1) is 9.38. The molecule has 0 aromatic carbocycles. The van der Waals surface area contributed by atoms with Gasteiger partial charge in [0.15, 0.2) is 0 Å². The average molecular weight is 208 g/mol. The minimum Gasteiger partial charge on any atom is -0.478 e. The van der Waals surface area contributed by atoms with E-state index >= 15 is 0 Å². The van der Waals surface area contributed by atoms with E-state index in [1.54, 1.807) is 6.92 Å². The summed E-state index contributed by atoms with van der Waals surface area (Å²) in [5.74, 6) is -1.00. The zero-order valence-corrected chi connectivity index (χ0v) is 7.91. The molecular formula is C8H8N4O3. The first-order valence-corrected chi connectivity index (χ1v) is 4.20. The highest BCUT2D eigenvalue weighted by atomic mass is 16.6. The second-order valence-electron chi connectivity index (χ2n) is 3.03. The van der Waals surface area contributed by atoms with Gasteiger partial charge in [-0.15, -0.1) is 0 Å². The van der Waals surface area contributed by atoms with E-state index in [1.807, 2.05) is 0 Å². The van der Waals surface area contributed by atoms with Crippen LogP contribution in [0.4, 0.5) is 0 Å². The molecule has 0 bridgehead atoms. The molecule has 0 fully saturated rings. The van der Waals surface area contributed by atoms with Gasteiger partial charge in [0.05, 0.1) is 18.3 Å². The molecule has 0 aliphatic rings. The van der Waals surface area contributed by atoms with Crippen molar-refractivity contribution in [3.05, 3.63) is 29.3 Å². The topological polar surface area (TPSA) is 94.0 Å². The maximum atomic E-state index is 10.6. The van der Waals surface area contributed by atoms with Gasteiger partial charge in [0.25, 0.3) is 0 Å². The number of carboxylic acids is 1. The van der Waals surface area contributed by atoms with Crippen molar-refractivity contribution in [2.24, 2.45) is 0 Å². The van der Waals surface area contributed by atoms with E-state index < -0.39 is 5.97 Å². The predicted octanol–water partition coefficient (Wildman–Crippen LogP) is 0.321. The summed E-state index contributed by atoms with van der Waals surface area (Å²) in [6.45, 7) is 2.11. The third-order valence-corrected chi connectivity index (χ3v) is 1.94. The third-order valence-electron chi connectivity index (χ3n) is 1.94. The van der Waals surface area contributed by atoms with Gasteiger partial charge in [-0.1, -0.05) is 10.3 Å². The van der Waals surface area contributed by atoms with Crippen molar-refractivity contribution >= 4 is 5.97 Å². The van der Waals surface area contributed by atoms with E-state index in [0.717, 1.165) is 0 Å². The van der Waals surface area contributed by atoms with Crippen LogP contribution in [0.1, 0.15) is 21.7 Å². The molecule has 0 amide bonds. The van der Waals surface area contributed by atoms with Gasteiger partial charge in [0.2, 0.25) is 0 Å².